The van der Waals surface area contributed by atoms with Crippen LogP contribution in [0, 0.1) is 6.92 Å². The van der Waals surface area contributed by atoms with E-state index in [0.29, 0.717) is 29.6 Å². The van der Waals surface area contributed by atoms with Crippen LogP contribution in [0.2, 0.25) is 0 Å². The van der Waals surface area contributed by atoms with Crippen molar-refractivity contribution in [3.63, 3.8) is 0 Å². The molecule has 2 aromatic carbocycles. The van der Waals surface area contributed by atoms with E-state index in [1.165, 1.54) is 0 Å². The number of carbonyl (C=O) groups excluding carboxylic acids is 1. The Labute approximate surface area is 145 Å². The topological polar surface area (TPSA) is 77.2 Å². The van der Waals surface area contributed by atoms with Crippen LogP contribution >= 0.6 is 0 Å². The predicted molar refractivity (Wildman–Crippen MR) is 94.4 cm³/mol. The van der Waals surface area contributed by atoms with E-state index in [1.807, 2.05) is 43.3 Å². The van der Waals surface area contributed by atoms with Crippen molar-refractivity contribution in [1.29, 1.82) is 0 Å². The van der Waals surface area contributed by atoms with E-state index in [-0.39, 0.29) is 12.3 Å². The molecule has 0 unspecified atom stereocenters. The van der Waals surface area contributed by atoms with Gasteiger partial charge in [0.05, 0.1) is 12.8 Å². The number of anilines is 1. The Hall–Kier alpha value is -3.15. The molecule has 1 N–H and O–H groups in total. The Morgan fingerprint density at radius 2 is 1.88 bits per heavy atom. The fourth-order valence-electron chi connectivity index (χ4n) is 2.35. The first-order valence-corrected chi connectivity index (χ1v) is 7.98. The van der Waals surface area contributed by atoms with Gasteiger partial charge in [-0.2, -0.15) is 0 Å². The molecule has 0 aliphatic carbocycles. The van der Waals surface area contributed by atoms with Gasteiger partial charge in [0.25, 0.3) is 0 Å². The van der Waals surface area contributed by atoms with Gasteiger partial charge in [0.15, 0.2) is 0 Å². The van der Waals surface area contributed by atoms with Gasteiger partial charge in [-0.05, 0) is 31.2 Å². The van der Waals surface area contributed by atoms with Crippen molar-refractivity contribution in [3.8, 4) is 17.2 Å². The number of nitrogens with one attached hydrogen (secondary N) is 1. The number of aryl methyl sites for hydroxylation is 2. The van der Waals surface area contributed by atoms with Gasteiger partial charge < -0.3 is 14.5 Å². The summed E-state index contributed by atoms with van der Waals surface area (Å²) in [6, 6.07) is 15.1. The maximum atomic E-state index is 12.1. The summed E-state index contributed by atoms with van der Waals surface area (Å²) in [7, 11) is 1.57. The lowest BCUT2D eigenvalue weighted by atomic mass is 10.1. The molecule has 0 fully saturated rings. The lowest BCUT2D eigenvalue weighted by Crippen LogP contribution is -2.13. The molecule has 0 spiro atoms. The molecule has 1 heterocycles. The SMILES string of the molecule is COc1ccccc1NC(=O)CCc1nnc(-c2ccc(C)cc2)o1. The van der Waals surface area contributed by atoms with Gasteiger partial charge in [-0.3, -0.25) is 4.79 Å². The number of hydrogen-bond acceptors (Lipinski definition) is 5. The molecule has 1 amide bonds. The number of hydrogen-bond donors (Lipinski definition) is 1. The molecule has 3 rings (SSSR count). The van der Waals surface area contributed by atoms with Crippen LogP contribution in [0.25, 0.3) is 11.5 Å². The average molecular weight is 337 g/mol. The number of para-hydroxylation sites is 2. The van der Waals surface area contributed by atoms with Crippen LogP contribution in [0.1, 0.15) is 17.9 Å². The maximum Gasteiger partial charge on any atom is 0.247 e. The van der Waals surface area contributed by atoms with Gasteiger partial charge >= 0.3 is 0 Å². The first kappa shape index (κ1) is 16.7. The van der Waals surface area contributed by atoms with E-state index in [0.717, 1.165) is 11.1 Å². The number of nitrogens with zero attached hydrogens (tertiary/aromatic N) is 2. The second-order valence-electron chi connectivity index (χ2n) is 5.62. The molecule has 0 atom stereocenters. The first-order valence-electron chi connectivity index (χ1n) is 7.98. The van der Waals surface area contributed by atoms with Gasteiger partial charge in [0.1, 0.15) is 5.75 Å². The third kappa shape index (κ3) is 4.23. The minimum absolute atomic E-state index is 0.139. The quantitative estimate of drug-likeness (QED) is 0.743. The molecule has 0 saturated heterocycles. The smallest absolute Gasteiger partial charge is 0.247 e. The highest BCUT2D eigenvalue weighted by molar-refractivity contribution is 5.92. The highest BCUT2D eigenvalue weighted by Gasteiger charge is 2.12. The average Bonchev–Trinajstić information content (AvgIpc) is 3.10. The summed E-state index contributed by atoms with van der Waals surface area (Å²) in [5.41, 5.74) is 2.67. The largest absolute Gasteiger partial charge is 0.495 e. The minimum atomic E-state index is -0.139. The Bertz CT molecular complexity index is 856. The number of rotatable bonds is 6. The summed E-state index contributed by atoms with van der Waals surface area (Å²) in [5.74, 6) is 1.38. The summed E-state index contributed by atoms with van der Waals surface area (Å²) >= 11 is 0. The Morgan fingerprint density at radius 3 is 2.64 bits per heavy atom. The van der Waals surface area contributed by atoms with Crippen LogP contribution in [0.4, 0.5) is 5.69 Å². The summed E-state index contributed by atoms with van der Waals surface area (Å²) in [4.78, 5) is 12.1. The molecule has 1 aromatic heterocycles. The third-order valence-electron chi connectivity index (χ3n) is 3.71. The van der Waals surface area contributed by atoms with Crippen LogP contribution in [0.3, 0.4) is 0 Å². The molecule has 0 radical (unpaired) electrons. The zero-order valence-corrected chi connectivity index (χ0v) is 14.2. The minimum Gasteiger partial charge on any atom is -0.495 e. The van der Waals surface area contributed by atoms with Crippen molar-refractivity contribution >= 4 is 11.6 Å². The van der Waals surface area contributed by atoms with E-state index in [9.17, 15) is 4.79 Å². The standard InChI is InChI=1S/C19H19N3O3/c1-13-7-9-14(10-8-13)19-22-21-18(25-19)12-11-17(23)20-15-5-3-4-6-16(15)24-2/h3-10H,11-12H2,1-2H3,(H,20,23). The van der Waals surface area contributed by atoms with Crippen molar-refractivity contribution in [2.75, 3.05) is 12.4 Å². The van der Waals surface area contributed by atoms with E-state index in [4.69, 9.17) is 9.15 Å². The summed E-state index contributed by atoms with van der Waals surface area (Å²) < 4.78 is 10.8. The fourth-order valence-corrected chi connectivity index (χ4v) is 2.35. The predicted octanol–water partition coefficient (Wildman–Crippen LogP) is 3.62. The maximum absolute atomic E-state index is 12.1. The van der Waals surface area contributed by atoms with Crippen LogP contribution in [-0.2, 0) is 11.2 Å². The fraction of sp³-hybridized carbons (Fsp3) is 0.211. The Morgan fingerprint density at radius 1 is 1.12 bits per heavy atom. The lowest BCUT2D eigenvalue weighted by Gasteiger charge is -2.09. The first-order chi connectivity index (χ1) is 12.2. The van der Waals surface area contributed by atoms with Gasteiger partial charge in [-0.1, -0.05) is 29.8 Å². The molecule has 0 aliphatic heterocycles. The normalized spacial score (nSPS) is 10.5. The molecule has 6 nitrogen and oxygen atoms in total. The number of benzene rings is 2. The Kier molecular flexibility index (Phi) is 5.09. The van der Waals surface area contributed by atoms with Crippen molar-refractivity contribution in [2.24, 2.45) is 0 Å². The van der Waals surface area contributed by atoms with Gasteiger partial charge in [-0.25, -0.2) is 0 Å². The van der Waals surface area contributed by atoms with E-state index < -0.39 is 0 Å². The number of aromatic nitrogens is 2. The summed E-state index contributed by atoms with van der Waals surface area (Å²) in [6.45, 7) is 2.02. The van der Waals surface area contributed by atoms with Crippen molar-refractivity contribution in [1.82, 2.24) is 10.2 Å². The highest BCUT2D eigenvalue weighted by atomic mass is 16.5. The van der Waals surface area contributed by atoms with E-state index in [2.05, 4.69) is 15.5 Å². The monoisotopic (exact) mass is 337 g/mol. The number of carbonyl (C=O) groups is 1. The number of ether oxygens (including phenoxy) is 1. The molecular formula is C19H19N3O3. The number of amides is 1. The van der Waals surface area contributed by atoms with Crippen molar-refractivity contribution in [2.45, 2.75) is 19.8 Å². The molecular weight excluding hydrogens is 318 g/mol. The van der Waals surface area contributed by atoms with Crippen LogP contribution in [0.15, 0.2) is 52.9 Å². The van der Waals surface area contributed by atoms with Crippen LogP contribution in [0.5, 0.6) is 5.75 Å². The van der Waals surface area contributed by atoms with Crippen LogP contribution in [-0.4, -0.2) is 23.2 Å². The molecule has 6 heteroatoms. The number of methoxy groups -OCH3 is 1. The van der Waals surface area contributed by atoms with Crippen molar-refractivity contribution < 1.29 is 13.9 Å². The second-order valence-corrected chi connectivity index (χ2v) is 5.62. The molecule has 0 saturated carbocycles. The molecule has 25 heavy (non-hydrogen) atoms. The van der Waals surface area contributed by atoms with Gasteiger partial charge in [-0.15, -0.1) is 10.2 Å². The zero-order chi connectivity index (χ0) is 17.6. The zero-order valence-electron chi connectivity index (χ0n) is 14.2. The third-order valence-corrected chi connectivity index (χ3v) is 3.71. The molecule has 0 aliphatic rings. The second kappa shape index (κ2) is 7.61. The summed E-state index contributed by atoms with van der Waals surface area (Å²) in [5, 5.41) is 10.9. The lowest BCUT2D eigenvalue weighted by molar-refractivity contribution is -0.116. The molecule has 128 valence electrons. The Balaban J connectivity index is 1.58. The van der Waals surface area contributed by atoms with E-state index >= 15 is 0 Å². The van der Waals surface area contributed by atoms with Crippen molar-refractivity contribution in [3.05, 3.63) is 60.0 Å². The van der Waals surface area contributed by atoms with E-state index in [1.54, 1.807) is 19.2 Å². The van der Waals surface area contributed by atoms with Gasteiger partial charge in [0.2, 0.25) is 17.7 Å². The summed E-state index contributed by atoms with van der Waals surface area (Å²) in [6.07, 6.45) is 0.618. The highest BCUT2D eigenvalue weighted by Crippen LogP contribution is 2.23. The molecule has 0 bridgehead atoms. The van der Waals surface area contributed by atoms with Gasteiger partial charge in [0, 0.05) is 18.4 Å². The molecule has 3 aromatic rings. The van der Waals surface area contributed by atoms with Crippen LogP contribution < -0.4 is 10.1 Å².